The maximum atomic E-state index is 12.4. The van der Waals surface area contributed by atoms with Gasteiger partial charge in [0, 0.05) is 19.4 Å². The van der Waals surface area contributed by atoms with E-state index in [0.717, 1.165) is 0 Å². The van der Waals surface area contributed by atoms with Gasteiger partial charge in [0.2, 0.25) is 0 Å². The van der Waals surface area contributed by atoms with Gasteiger partial charge in [-0.25, -0.2) is 14.4 Å². The lowest BCUT2D eigenvalue weighted by molar-refractivity contribution is -0.199. The normalized spacial score (nSPS) is 14.7. The Bertz CT molecular complexity index is 655. The highest BCUT2D eigenvalue weighted by Gasteiger charge is 2.35. The molecule has 0 saturated carbocycles. The van der Waals surface area contributed by atoms with Gasteiger partial charge in [-0.3, -0.25) is 9.59 Å². The third-order valence-corrected chi connectivity index (χ3v) is 3.68. The molecular formula is C19H29N3O8. The number of alkyl carbamates (subject to hydrolysis) is 2. The third-order valence-electron chi connectivity index (χ3n) is 3.68. The molecule has 0 aromatic heterocycles. The van der Waals surface area contributed by atoms with Crippen molar-refractivity contribution < 1.29 is 38.3 Å². The van der Waals surface area contributed by atoms with Crippen molar-refractivity contribution in [2.45, 2.75) is 64.5 Å². The summed E-state index contributed by atoms with van der Waals surface area (Å²) >= 11 is 0. The summed E-state index contributed by atoms with van der Waals surface area (Å²) < 4.78 is 9.91. The van der Waals surface area contributed by atoms with Crippen molar-refractivity contribution in [3.8, 4) is 0 Å². The first kappa shape index (κ1) is 24.9. The first-order valence-corrected chi connectivity index (χ1v) is 9.62. The third kappa shape index (κ3) is 9.39. The summed E-state index contributed by atoms with van der Waals surface area (Å²) in [5.41, 5.74) is -0.783. The average Bonchev–Trinajstić information content (AvgIpc) is 2.95. The van der Waals surface area contributed by atoms with Crippen LogP contribution in [0, 0.1) is 0 Å². The van der Waals surface area contributed by atoms with Crippen LogP contribution in [-0.4, -0.2) is 59.8 Å². The standard InChI is InChI=1S/C19H29N3O8/c1-5-12-28-17(26)20-11-7-6-8-13(21-18(27)29-19(2,3)4)16(25)30-22-14(23)9-10-15(22)24/h5,13H,1,6-12H2,2-4H3,(H,20,26)(H,21,27)/t13-/m0/s1. The summed E-state index contributed by atoms with van der Waals surface area (Å²) in [5, 5.41) is 5.34. The van der Waals surface area contributed by atoms with Crippen LogP contribution in [0.5, 0.6) is 0 Å². The first-order chi connectivity index (χ1) is 14.0. The van der Waals surface area contributed by atoms with Gasteiger partial charge < -0.3 is 24.9 Å². The van der Waals surface area contributed by atoms with Crippen molar-refractivity contribution in [2.24, 2.45) is 0 Å². The molecule has 1 heterocycles. The molecule has 0 aliphatic carbocycles. The zero-order chi connectivity index (χ0) is 22.7. The highest BCUT2D eigenvalue weighted by molar-refractivity contribution is 6.01. The Morgan fingerprint density at radius 3 is 2.33 bits per heavy atom. The minimum Gasteiger partial charge on any atom is -0.445 e. The van der Waals surface area contributed by atoms with E-state index >= 15 is 0 Å². The fourth-order valence-corrected chi connectivity index (χ4v) is 2.36. The van der Waals surface area contributed by atoms with E-state index in [2.05, 4.69) is 17.2 Å². The van der Waals surface area contributed by atoms with Crippen molar-refractivity contribution in [3.05, 3.63) is 12.7 Å². The summed E-state index contributed by atoms with van der Waals surface area (Å²) in [4.78, 5) is 64.0. The lowest BCUT2D eigenvalue weighted by Gasteiger charge is -2.23. The lowest BCUT2D eigenvalue weighted by Crippen LogP contribution is -2.46. The van der Waals surface area contributed by atoms with Gasteiger partial charge >= 0.3 is 18.2 Å². The number of carbonyl (C=O) groups is 5. The number of nitrogens with zero attached hydrogens (tertiary/aromatic N) is 1. The highest BCUT2D eigenvalue weighted by atomic mass is 16.7. The Balaban J connectivity index is 2.59. The van der Waals surface area contributed by atoms with Gasteiger partial charge in [0.05, 0.1) is 0 Å². The number of rotatable bonds is 10. The molecule has 11 nitrogen and oxygen atoms in total. The number of nitrogens with one attached hydrogen (secondary N) is 2. The zero-order valence-corrected chi connectivity index (χ0v) is 17.5. The van der Waals surface area contributed by atoms with Crippen LogP contribution < -0.4 is 10.6 Å². The largest absolute Gasteiger partial charge is 0.445 e. The van der Waals surface area contributed by atoms with Gasteiger partial charge in [-0.2, -0.15) is 0 Å². The van der Waals surface area contributed by atoms with E-state index in [-0.39, 0.29) is 32.4 Å². The molecular weight excluding hydrogens is 398 g/mol. The molecule has 1 saturated heterocycles. The number of ether oxygens (including phenoxy) is 2. The summed E-state index contributed by atoms with van der Waals surface area (Å²) in [6, 6.07) is -1.14. The van der Waals surface area contributed by atoms with Gasteiger partial charge in [-0.1, -0.05) is 12.7 Å². The van der Waals surface area contributed by atoms with Gasteiger partial charge in [0.25, 0.3) is 11.8 Å². The Morgan fingerprint density at radius 2 is 1.77 bits per heavy atom. The molecule has 30 heavy (non-hydrogen) atoms. The average molecular weight is 427 g/mol. The molecule has 0 spiro atoms. The van der Waals surface area contributed by atoms with Crippen LogP contribution >= 0.6 is 0 Å². The molecule has 0 bridgehead atoms. The molecule has 0 radical (unpaired) electrons. The van der Waals surface area contributed by atoms with Crippen LogP contribution in [-0.2, 0) is 28.7 Å². The smallest absolute Gasteiger partial charge is 0.408 e. The molecule has 1 rings (SSSR count). The van der Waals surface area contributed by atoms with E-state index in [1.807, 2.05) is 0 Å². The zero-order valence-electron chi connectivity index (χ0n) is 17.5. The second kappa shape index (κ2) is 11.8. The summed E-state index contributed by atoms with van der Waals surface area (Å²) in [5.74, 6) is -2.19. The SMILES string of the molecule is C=CCOC(=O)NCCCC[C@H](NC(=O)OC(C)(C)C)C(=O)ON1C(=O)CCC1=O. The number of hydrogen-bond donors (Lipinski definition) is 2. The van der Waals surface area contributed by atoms with E-state index < -0.39 is 41.6 Å². The number of hydrogen-bond acceptors (Lipinski definition) is 8. The molecule has 0 aromatic carbocycles. The van der Waals surface area contributed by atoms with Crippen LogP contribution in [0.3, 0.4) is 0 Å². The predicted molar refractivity (Wildman–Crippen MR) is 104 cm³/mol. The maximum Gasteiger partial charge on any atom is 0.408 e. The van der Waals surface area contributed by atoms with E-state index in [4.69, 9.17) is 14.3 Å². The molecule has 1 atom stereocenters. The van der Waals surface area contributed by atoms with Gasteiger partial charge in [0.15, 0.2) is 0 Å². The van der Waals surface area contributed by atoms with Crippen LogP contribution in [0.1, 0.15) is 52.9 Å². The van der Waals surface area contributed by atoms with Crippen molar-refractivity contribution in [3.63, 3.8) is 0 Å². The van der Waals surface area contributed by atoms with Crippen LogP contribution in [0.2, 0.25) is 0 Å². The molecule has 1 aliphatic rings. The molecule has 2 N–H and O–H groups in total. The van der Waals surface area contributed by atoms with E-state index in [9.17, 15) is 24.0 Å². The highest BCUT2D eigenvalue weighted by Crippen LogP contribution is 2.14. The second-order valence-corrected chi connectivity index (χ2v) is 7.50. The van der Waals surface area contributed by atoms with Crippen LogP contribution in [0.15, 0.2) is 12.7 Å². The monoisotopic (exact) mass is 427 g/mol. The number of hydroxylamine groups is 2. The lowest BCUT2D eigenvalue weighted by atomic mass is 10.1. The number of unbranched alkanes of at least 4 members (excludes halogenated alkanes) is 1. The predicted octanol–water partition coefficient (Wildman–Crippen LogP) is 1.57. The van der Waals surface area contributed by atoms with Crippen LogP contribution in [0.4, 0.5) is 9.59 Å². The fraction of sp³-hybridized carbons (Fsp3) is 0.632. The van der Waals surface area contributed by atoms with Gasteiger partial charge in [-0.05, 0) is 40.0 Å². The van der Waals surface area contributed by atoms with Crippen molar-refractivity contribution in [1.82, 2.24) is 15.7 Å². The minimum absolute atomic E-state index is 0.0378. The van der Waals surface area contributed by atoms with Gasteiger partial charge in [-0.15, -0.1) is 5.06 Å². The number of amides is 4. The quantitative estimate of drug-likeness (QED) is 0.304. The Morgan fingerprint density at radius 1 is 1.13 bits per heavy atom. The van der Waals surface area contributed by atoms with Crippen LogP contribution in [0.25, 0.3) is 0 Å². The molecule has 168 valence electrons. The van der Waals surface area contributed by atoms with Crippen molar-refractivity contribution >= 4 is 30.0 Å². The number of imide groups is 1. The van der Waals surface area contributed by atoms with Crippen molar-refractivity contribution in [2.75, 3.05) is 13.2 Å². The van der Waals surface area contributed by atoms with Crippen molar-refractivity contribution in [1.29, 1.82) is 0 Å². The maximum absolute atomic E-state index is 12.4. The topological polar surface area (TPSA) is 140 Å². The summed E-state index contributed by atoms with van der Waals surface area (Å²) in [7, 11) is 0. The van der Waals surface area contributed by atoms with E-state index in [1.54, 1.807) is 20.8 Å². The molecule has 1 fully saturated rings. The summed E-state index contributed by atoms with van der Waals surface area (Å²) in [6.07, 6.45) is 0.960. The van der Waals surface area contributed by atoms with E-state index in [0.29, 0.717) is 17.9 Å². The second-order valence-electron chi connectivity index (χ2n) is 7.50. The Labute approximate surface area is 175 Å². The van der Waals surface area contributed by atoms with E-state index in [1.165, 1.54) is 6.08 Å². The minimum atomic E-state index is -1.14. The molecule has 0 aromatic rings. The fourth-order valence-electron chi connectivity index (χ4n) is 2.36. The Kier molecular flexibility index (Phi) is 9.79. The molecule has 4 amide bonds. The molecule has 1 aliphatic heterocycles. The number of carbonyl (C=O) groups excluding carboxylic acids is 5. The first-order valence-electron chi connectivity index (χ1n) is 9.62. The molecule has 0 unspecified atom stereocenters. The summed E-state index contributed by atoms with van der Waals surface area (Å²) in [6.45, 7) is 8.80. The Hall–Kier alpha value is -3.11. The molecule has 11 heteroatoms. The van der Waals surface area contributed by atoms with Gasteiger partial charge in [0.1, 0.15) is 18.2 Å².